The van der Waals surface area contributed by atoms with E-state index in [9.17, 15) is 4.79 Å². The van der Waals surface area contributed by atoms with Gasteiger partial charge in [-0.15, -0.1) is 5.10 Å². The summed E-state index contributed by atoms with van der Waals surface area (Å²) in [5.41, 5.74) is 8.75. The summed E-state index contributed by atoms with van der Waals surface area (Å²) in [6.07, 6.45) is 8.95. The molecule has 2 aliphatic rings. The van der Waals surface area contributed by atoms with Crippen molar-refractivity contribution in [2.45, 2.75) is 77.4 Å². The van der Waals surface area contributed by atoms with E-state index in [-0.39, 0.29) is 11.3 Å². The van der Waals surface area contributed by atoms with Crippen LogP contribution in [0.1, 0.15) is 81.6 Å². The van der Waals surface area contributed by atoms with Crippen molar-refractivity contribution >= 4 is 39.2 Å². The number of anilines is 2. The van der Waals surface area contributed by atoms with E-state index in [1.54, 1.807) is 13.2 Å². The maximum absolute atomic E-state index is 11.7. The van der Waals surface area contributed by atoms with E-state index >= 15 is 0 Å². The SMILES string of the molecule is CCC(CC)(CC(CC)(CC)N1CCOCC1)Oc1cc2c(N3CCN(c4ccc5oc(C(N)=O)cc5c4)CC3)nnc(Cc3ccncc3)c2cc1OC. The van der Waals surface area contributed by atoms with E-state index in [0.717, 1.165) is 129 Å². The maximum Gasteiger partial charge on any atom is 0.284 e. The zero-order chi connectivity index (χ0) is 38.6. The third-order valence-electron chi connectivity index (χ3n) is 12.2. The first-order chi connectivity index (χ1) is 26.7. The number of aromatic nitrogens is 3. The molecule has 0 unspecified atom stereocenters. The molecule has 0 atom stereocenters. The lowest BCUT2D eigenvalue weighted by atomic mass is 9.76. The number of rotatable bonds is 15. The highest BCUT2D eigenvalue weighted by Crippen LogP contribution is 2.44. The number of primary amides is 1. The van der Waals surface area contributed by atoms with Crippen molar-refractivity contribution in [1.82, 2.24) is 20.1 Å². The summed E-state index contributed by atoms with van der Waals surface area (Å²) in [5.74, 6) is 1.85. The van der Waals surface area contributed by atoms with Gasteiger partial charge in [0.15, 0.2) is 23.1 Å². The highest BCUT2D eigenvalue weighted by Gasteiger charge is 2.43. The number of pyridine rings is 1. The first kappa shape index (κ1) is 38.3. The van der Waals surface area contributed by atoms with Crippen LogP contribution >= 0.6 is 0 Å². The van der Waals surface area contributed by atoms with Crippen molar-refractivity contribution < 1.29 is 23.4 Å². The summed E-state index contributed by atoms with van der Waals surface area (Å²) in [7, 11) is 1.72. The van der Waals surface area contributed by atoms with Gasteiger partial charge in [0.2, 0.25) is 0 Å². The number of morpholine rings is 1. The van der Waals surface area contributed by atoms with E-state index in [2.05, 4.69) is 65.6 Å². The van der Waals surface area contributed by atoms with Crippen molar-refractivity contribution in [2.75, 3.05) is 69.4 Å². The zero-order valence-corrected chi connectivity index (χ0v) is 33.0. The first-order valence-corrected chi connectivity index (χ1v) is 19.9. The Labute approximate surface area is 323 Å². The molecular formula is C43H55N7O5. The van der Waals surface area contributed by atoms with E-state index in [4.69, 9.17) is 34.6 Å². The zero-order valence-electron chi connectivity index (χ0n) is 33.0. The molecule has 12 nitrogen and oxygen atoms in total. The topological polar surface area (TPSA) is 132 Å². The minimum atomic E-state index is -0.573. The molecule has 0 spiro atoms. The van der Waals surface area contributed by atoms with Gasteiger partial charge in [0, 0.05) is 91.9 Å². The van der Waals surface area contributed by atoms with E-state index in [1.807, 2.05) is 36.7 Å². The van der Waals surface area contributed by atoms with Crippen LogP contribution in [0.15, 0.2) is 65.3 Å². The van der Waals surface area contributed by atoms with E-state index in [0.29, 0.717) is 17.8 Å². The van der Waals surface area contributed by atoms with Crippen molar-refractivity contribution in [1.29, 1.82) is 0 Å². The largest absolute Gasteiger partial charge is 0.493 e. The molecule has 2 fully saturated rings. The molecule has 2 saturated heterocycles. The third-order valence-corrected chi connectivity index (χ3v) is 12.2. The number of nitrogens with two attached hydrogens (primary N) is 1. The van der Waals surface area contributed by atoms with Gasteiger partial charge in [-0.1, -0.05) is 27.7 Å². The molecule has 2 aromatic carbocycles. The molecule has 2 aliphatic heterocycles. The van der Waals surface area contributed by atoms with Crippen LogP contribution in [-0.4, -0.2) is 96.7 Å². The Kier molecular flexibility index (Phi) is 11.4. The summed E-state index contributed by atoms with van der Waals surface area (Å²) in [6, 6.07) is 16.0. The van der Waals surface area contributed by atoms with Crippen LogP contribution in [0.25, 0.3) is 21.7 Å². The Morgan fingerprint density at radius 3 is 2.16 bits per heavy atom. The summed E-state index contributed by atoms with van der Waals surface area (Å²) in [5, 5.41) is 12.6. The number of furan rings is 1. The number of nitrogens with zero attached hydrogens (tertiary/aromatic N) is 6. The number of amides is 1. The molecule has 5 aromatic rings. The normalized spacial score (nSPS) is 15.9. The Balaban J connectivity index is 1.23. The highest BCUT2D eigenvalue weighted by molar-refractivity contribution is 5.97. The molecule has 2 N–H and O–H groups in total. The third kappa shape index (κ3) is 7.80. The molecule has 0 aliphatic carbocycles. The average molecular weight is 750 g/mol. The van der Waals surface area contributed by atoms with Gasteiger partial charge in [-0.3, -0.25) is 14.7 Å². The predicted octanol–water partition coefficient (Wildman–Crippen LogP) is 7.01. The van der Waals surface area contributed by atoms with Crippen LogP contribution in [0.5, 0.6) is 11.5 Å². The molecule has 292 valence electrons. The first-order valence-electron chi connectivity index (χ1n) is 19.9. The monoisotopic (exact) mass is 749 g/mol. The number of carbonyl (C=O) groups excluding carboxylic acids is 1. The number of piperazine rings is 1. The molecule has 5 heterocycles. The number of hydrogen-bond donors (Lipinski definition) is 1. The van der Waals surface area contributed by atoms with Gasteiger partial charge >= 0.3 is 0 Å². The van der Waals surface area contributed by atoms with Gasteiger partial charge in [0.25, 0.3) is 5.91 Å². The number of carbonyl (C=O) groups is 1. The quantitative estimate of drug-likeness (QED) is 0.119. The van der Waals surface area contributed by atoms with Gasteiger partial charge in [0.1, 0.15) is 11.2 Å². The number of fused-ring (bicyclic) bond motifs is 2. The molecule has 0 bridgehead atoms. The van der Waals surface area contributed by atoms with Crippen LogP contribution < -0.4 is 25.0 Å². The molecule has 3 aromatic heterocycles. The number of hydrogen-bond acceptors (Lipinski definition) is 11. The van der Waals surface area contributed by atoms with Gasteiger partial charge in [0.05, 0.1) is 26.0 Å². The van der Waals surface area contributed by atoms with Crippen LogP contribution in [-0.2, 0) is 11.2 Å². The standard InChI is InChI=1S/C43H55N7O5/c1-6-42(7-2,50-20-22-53-23-21-50)29-43(8-3,9-4)55-38-28-34-33(27-37(38)52-5)35(24-30-12-14-45-15-13-30)46-47-41(34)49-18-16-48(17-19-49)32-10-11-36-31(25-32)26-39(54-36)40(44)51/h10-15,25-28H,6-9,16-24,29H2,1-5H3,(H2,44,51). The number of methoxy groups -OCH3 is 1. The second-order valence-corrected chi connectivity index (χ2v) is 14.9. The molecule has 1 amide bonds. The van der Waals surface area contributed by atoms with Crippen molar-refractivity contribution in [2.24, 2.45) is 5.73 Å². The summed E-state index contributed by atoms with van der Waals surface area (Å²) in [6.45, 7) is 15.6. The lowest BCUT2D eigenvalue weighted by molar-refractivity contribution is -0.0681. The van der Waals surface area contributed by atoms with E-state index < -0.39 is 11.5 Å². The number of benzene rings is 2. The van der Waals surface area contributed by atoms with Crippen LogP contribution in [0.3, 0.4) is 0 Å². The van der Waals surface area contributed by atoms with Crippen molar-refractivity contribution in [3.63, 3.8) is 0 Å². The van der Waals surface area contributed by atoms with Crippen LogP contribution in [0.2, 0.25) is 0 Å². The lowest BCUT2D eigenvalue weighted by Crippen LogP contribution is -2.57. The van der Waals surface area contributed by atoms with Crippen molar-refractivity contribution in [3.05, 3.63) is 77.9 Å². The lowest BCUT2D eigenvalue weighted by Gasteiger charge is -2.50. The Bertz CT molecular complexity index is 2080. The van der Waals surface area contributed by atoms with Gasteiger partial charge < -0.3 is 34.2 Å². The molecule has 7 rings (SSSR count). The molecule has 12 heteroatoms. The molecule has 55 heavy (non-hydrogen) atoms. The summed E-state index contributed by atoms with van der Waals surface area (Å²) in [4.78, 5) is 23.2. The Hall–Kier alpha value is -4.94. The average Bonchev–Trinajstić information content (AvgIpc) is 3.68. The summed E-state index contributed by atoms with van der Waals surface area (Å²) < 4.78 is 24.8. The fraction of sp³-hybridized carbons (Fsp3) is 0.488. The number of ether oxygens (including phenoxy) is 3. The second kappa shape index (κ2) is 16.4. The van der Waals surface area contributed by atoms with Crippen LogP contribution in [0.4, 0.5) is 11.5 Å². The predicted molar refractivity (Wildman–Crippen MR) is 217 cm³/mol. The summed E-state index contributed by atoms with van der Waals surface area (Å²) >= 11 is 0. The van der Waals surface area contributed by atoms with Gasteiger partial charge in [-0.05, 0) is 79.8 Å². The molecular weight excluding hydrogens is 695 g/mol. The molecule has 0 radical (unpaired) electrons. The Morgan fingerprint density at radius 2 is 1.51 bits per heavy atom. The minimum absolute atomic E-state index is 0.000178. The smallest absolute Gasteiger partial charge is 0.284 e. The Morgan fingerprint density at radius 1 is 0.818 bits per heavy atom. The second-order valence-electron chi connectivity index (χ2n) is 14.9. The fourth-order valence-corrected chi connectivity index (χ4v) is 8.63. The maximum atomic E-state index is 11.7. The van der Waals surface area contributed by atoms with Gasteiger partial charge in [-0.25, -0.2) is 0 Å². The molecule has 0 saturated carbocycles. The van der Waals surface area contributed by atoms with Gasteiger partial charge in [-0.2, -0.15) is 5.10 Å². The van der Waals surface area contributed by atoms with Crippen LogP contribution in [0, 0.1) is 0 Å². The fourth-order valence-electron chi connectivity index (χ4n) is 8.63. The van der Waals surface area contributed by atoms with E-state index in [1.165, 1.54) is 0 Å². The highest BCUT2D eigenvalue weighted by atomic mass is 16.5. The minimum Gasteiger partial charge on any atom is -0.493 e. The van der Waals surface area contributed by atoms with Crippen molar-refractivity contribution in [3.8, 4) is 11.5 Å².